The van der Waals surface area contributed by atoms with Crippen molar-refractivity contribution in [3.8, 4) is 0 Å². The Bertz CT molecular complexity index is 134. The fraction of sp³-hybridized carbons (Fsp3) is 1.00. The Hall–Kier alpha value is 0.250. The minimum absolute atomic E-state index is 0.391. The van der Waals surface area contributed by atoms with Crippen LogP contribution in [0.1, 0.15) is 47.0 Å². The highest BCUT2D eigenvalue weighted by atomic mass is 35.5. The SMILES string of the molecule is CCC(C)CNCC(C)(C)CCCCl. The number of hydrogen-bond donors (Lipinski definition) is 1. The van der Waals surface area contributed by atoms with Crippen molar-refractivity contribution in [1.29, 1.82) is 0 Å². The average Bonchev–Trinajstić information content (AvgIpc) is 2.14. The molecule has 0 amide bonds. The molecule has 14 heavy (non-hydrogen) atoms. The third-order valence-electron chi connectivity index (χ3n) is 2.78. The number of halogens is 1. The zero-order valence-electron chi connectivity index (χ0n) is 10.2. The Morgan fingerprint density at radius 3 is 2.50 bits per heavy atom. The molecule has 1 unspecified atom stereocenters. The summed E-state index contributed by atoms with van der Waals surface area (Å²) in [5.74, 6) is 1.58. The predicted octanol–water partition coefficient (Wildman–Crippen LogP) is 3.67. The van der Waals surface area contributed by atoms with Crippen LogP contribution >= 0.6 is 11.6 Å². The van der Waals surface area contributed by atoms with Gasteiger partial charge < -0.3 is 5.32 Å². The predicted molar refractivity (Wildman–Crippen MR) is 66.1 cm³/mol. The Morgan fingerprint density at radius 1 is 1.36 bits per heavy atom. The van der Waals surface area contributed by atoms with Crippen molar-refractivity contribution in [3.05, 3.63) is 0 Å². The summed E-state index contributed by atoms with van der Waals surface area (Å²) >= 11 is 5.69. The summed E-state index contributed by atoms with van der Waals surface area (Å²) in [6.07, 6.45) is 3.60. The van der Waals surface area contributed by atoms with Crippen LogP contribution in [0.2, 0.25) is 0 Å². The van der Waals surface area contributed by atoms with Crippen LogP contribution < -0.4 is 5.32 Å². The van der Waals surface area contributed by atoms with Crippen molar-refractivity contribution < 1.29 is 0 Å². The molecule has 0 aliphatic carbocycles. The minimum Gasteiger partial charge on any atom is -0.316 e. The number of alkyl halides is 1. The lowest BCUT2D eigenvalue weighted by atomic mass is 9.88. The lowest BCUT2D eigenvalue weighted by Gasteiger charge is -2.25. The van der Waals surface area contributed by atoms with Crippen molar-refractivity contribution >= 4 is 11.6 Å². The van der Waals surface area contributed by atoms with E-state index < -0.39 is 0 Å². The summed E-state index contributed by atoms with van der Waals surface area (Å²) in [4.78, 5) is 0. The first-order chi connectivity index (χ1) is 6.52. The minimum atomic E-state index is 0.391. The van der Waals surface area contributed by atoms with Gasteiger partial charge in [0.2, 0.25) is 0 Å². The van der Waals surface area contributed by atoms with E-state index in [-0.39, 0.29) is 0 Å². The molecular weight excluding hydrogens is 194 g/mol. The Labute approximate surface area is 94.6 Å². The van der Waals surface area contributed by atoms with Crippen molar-refractivity contribution in [2.24, 2.45) is 11.3 Å². The van der Waals surface area contributed by atoms with Gasteiger partial charge in [-0.05, 0) is 30.7 Å². The van der Waals surface area contributed by atoms with Gasteiger partial charge in [0.15, 0.2) is 0 Å². The fourth-order valence-electron chi connectivity index (χ4n) is 1.44. The quantitative estimate of drug-likeness (QED) is 0.615. The van der Waals surface area contributed by atoms with Crippen LogP contribution in [-0.2, 0) is 0 Å². The van der Waals surface area contributed by atoms with Gasteiger partial charge in [-0.15, -0.1) is 11.6 Å². The molecule has 0 heterocycles. The van der Waals surface area contributed by atoms with Gasteiger partial charge in [-0.25, -0.2) is 0 Å². The standard InChI is InChI=1S/C12H26ClN/c1-5-11(2)9-14-10-12(3,4)7-6-8-13/h11,14H,5-10H2,1-4H3. The maximum absolute atomic E-state index is 5.69. The number of rotatable bonds is 8. The summed E-state index contributed by atoms with van der Waals surface area (Å²) < 4.78 is 0. The lowest BCUT2D eigenvalue weighted by molar-refractivity contribution is 0.303. The molecule has 0 fully saturated rings. The molecule has 0 aromatic carbocycles. The number of hydrogen-bond acceptors (Lipinski definition) is 1. The zero-order valence-corrected chi connectivity index (χ0v) is 11.0. The van der Waals surface area contributed by atoms with E-state index in [4.69, 9.17) is 11.6 Å². The molecule has 0 aliphatic heterocycles. The maximum atomic E-state index is 5.69. The van der Waals surface area contributed by atoms with Gasteiger partial charge in [0.1, 0.15) is 0 Å². The normalized spacial score (nSPS) is 14.4. The lowest BCUT2D eigenvalue weighted by Crippen LogP contribution is -2.32. The maximum Gasteiger partial charge on any atom is 0.0223 e. The van der Waals surface area contributed by atoms with Crippen molar-refractivity contribution in [1.82, 2.24) is 5.32 Å². The molecule has 0 aliphatic rings. The zero-order chi connectivity index (χ0) is 11.0. The van der Waals surface area contributed by atoms with Crippen LogP contribution in [0.3, 0.4) is 0 Å². The molecular formula is C12H26ClN. The monoisotopic (exact) mass is 219 g/mol. The highest BCUT2D eigenvalue weighted by Gasteiger charge is 2.16. The Kier molecular flexibility index (Phi) is 7.66. The van der Waals surface area contributed by atoms with Crippen LogP contribution in [0.15, 0.2) is 0 Å². The van der Waals surface area contributed by atoms with Crippen molar-refractivity contribution in [2.45, 2.75) is 47.0 Å². The van der Waals surface area contributed by atoms with Crippen molar-refractivity contribution in [3.63, 3.8) is 0 Å². The van der Waals surface area contributed by atoms with E-state index in [1.54, 1.807) is 0 Å². The second-order valence-electron chi connectivity index (χ2n) is 5.10. The third-order valence-corrected chi connectivity index (χ3v) is 3.05. The summed E-state index contributed by atoms with van der Waals surface area (Å²) in [6.45, 7) is 11.4. The van der Waals surface area contributed by atoms with Gasteiger partial charge in [0, 0.05) is 12.4 Å². The van der Waals surface area contributed by atoms with Gasteiger partial charge in [0.25, 0.3) is 0 Å². The molecule has 0 spiro atoms. The Morgan fingerprint density at radius 2 is 2.00 bits per heavy atom. The van der Waals surface area contributed by atoms with Crippen LogP contribution in [0.5, 0.6) is 0 Å². The van der Waals surface area contributed by atoms with Crippen LogP contribution in [-0.4, -0.2) is 19.0 Å². The molecule has 1 atom stereocenters. The van der Waals surface area contributed by atoms with Gasteiger partial charge in [-0.1, -0.05) is 34.1 Å². The smallest absolute Gasteiger partial charge is 0.0223 e. The molecule has 0 aromatic heterocycles. The van der Waals surface area contributed by atoms with E-state index in [9.17, 15) is 0 Å². The largest absolute Gasteiger partial charge is 0.316 e. The molecule has 86 valence electrons. The first-order valence-corrected chi connectivity index (χ1v) is 6.32. The number of nitrogens with one attached hydrogen (secondary N) is 1. The van der Waals surface area contributed by atoms with E-state index in [1.165, 1.54) is 12.8 Å². The van der Waals surface area contributed by atoms with Gasteiger partial charge in [-0.2, -0.15) is 0 Å². The van der Waals surface area contributed by atoms with Crippen molar-refractivity contribution in [2.75, 3.05) is 19.0 Å². The second kappa shape index (κ2) is 7.53. The van der Waals surface area contributed by atoms with E-state index in [0.29, 0.717) is 5.41 Å². The van der Waals surface area contributed by atoms with E-state index >= 15 is 0 Å². The van der Waals surface area contributed by atoms with Gasteiger partial charge in [0.05, 0.1) is 0 Å². The summed E-state index contributed by atoms with van der Waals surface area (Å²) in [7, 11) is 0. The van der Waals surface area contributed by atoms with E-state index in [0.717, 1.165) is 31.3 Å². The molecule has 0 radical (unpaired) electrons. The highest BCUT2D eigenvalue weighted by molar-refractivity contribution is 6.17. The molecule has 0 saturated heterocycles. The van der Waals surface area contributed by atoms with Crippen LogP contribution in [0.4, 0.5) is 0 Å². The molecule has 0 aromatic rings. The highest BCUT2D eigenvalue weighted by Crippen LogP contribution is 2.21. The Balaban J connectivity index is 3.54. The van der Waals surface area contributed by atoms with E-state index in [1.807, 2.05) is 0 Å². The second-order valence-corrected chi connectivity index (χ2v) is 5.48. The fourth-order valence-corrected chi connectivity index (χ4v) is 1.57. The molecule has 1 nitrogen and oxygen atoms in total. The topological polar surface area (TPSA) is 12.0 Å². The molecule has 0 saturated carbocycles. The summed E-state index contributed by atoms with van der Waals surface area (Å²) in [5, 5.41) is 3.54. The van der Waals surface area contributed by atoms with Gasteiger partial charge in [-0.3, -0.25) is 0 Å². The third kappa shape index (κ3) is 7.64. The molecule has 0 bridgehead atoms. The van der Waals surface area contributed by atoms with Crippen LogP contribution in [0, 0.1) is 11.3 Å². The summed E-state index contributed by atoms with van der Waals surface area (Å²) in [6, 6.07) is 0. The average molecular weight is 220 g/mol. The molecule has 2 heteroatoms. The first kappa shape index (κ1) is 14.2. The summed E-state index contributed by atoms with van der Waals surface area (Å²) in [5.41, 5.74) is 0.391. The van der Waals surface area contributed by atoms with Crippen LogP contribution in [0.25, 0.3) is 0 Å². The van der Waals surface area contributed by atoms with Gasteiger partial charge >= 0.3 is 0 Å². The first-order valence-electron chi connectivity index (χ1n) is 5.78. The molecule has 1 N–H and O–H groups in total. The molecule has 0 rings (SSSR count). The van der Waals surface area contributed by atoms with E-state index in [2.05, 4.69) is 33.0 Å².